The van der Waals surface area contributed by atoms with Gasteiger partial charge in [-0.3, -0.25) is 9.59 Å². The first-order valence-corrected chi connectivity index (χ1v) is 14.3. The van der Waals surface area contributed by atoms with Crippen LogP contribution in [0.1, 0.15) is 90.9 Å². The lowest BCUT2D eigenvalue weighted by molar-refractivity contribution is -0.132. The van der Waals surface area contributed by atoms with Gasteiger partial charge in [0.05, 0.1) is 5.70 Å². The molecule has 0 aromatic rings. The van der Waals surface area contributed by atoms with E-state index in [1.165, 1.54) is 0 Å². The maximum Gasteiger partial charge on any atom is 0.266 e. The molecular formula is C32H51N3O2. The molecule has 5 nitrogen and oxygen atoms in total. The largest absolute Gasteiger partial charge is 0.395 e. The molecule has 0 aliphatic carbocycles. The predicted octanol–water partition coefficient (Wildman–Crippen LogP) is 6.91. The molecule has 2 amide bonds. The maximum atomic E-state index is 12.5. The van der Waals surface area contributed by atoms with Crippen molar-refractivity contribution >= 4 is 11.8 Å². The van der Waals surface area contributed by atoms with Gasteiger partial charge in [0.1, 0.15) is 0 Å². The Hall–Kier alpha value is -2.82. The average molecular weight is 510 g/mol. The van der Waals surface area contributed by atoms with E-state index in [2.05, 4.69) is 79.9 Å². The van der Waals surface area contributed by atoms with Gasteiger partial charge in [-0.25, -0.2) is 0 Å². The molecule has 37 heavy (non-hydrogen) atoms. The van der Waals surface area contributed by atoms with E-state index in [0.717, 1.165) is 83.7 Å². The molecule has 1 fully saturated rings. The Morgan fingerprint density at radius 3 is 1.89 bits per heavy atom. The summed E-state index contributed by atoms with van der Waals surface area (Å²) >= 11 is 0. The fraction of sp³-hybridized carbons (Fsp3) is 0.562. The van der Waals surface area contributed by atoms with Gasteiger partial charge in [0, 0.05) is 26.1 Å². The molecule has 3 N–H and O–H groups in total. The number of allylic oxidation sites excluding steroid dienone is 11. The van der Waals surface area contributed by atoms with Crippen molar-refractivity contribution in [3.05, 3.63) is 72.5 Å². The number of hydrogen-bond donors (Lipinski definition) is 2. The smallest absolute Gasteiger partial charge is 0.266 e. The van der Waals surface area contributed by atoms with E-state index >= 15 is 0 Å². The highest BCUT2D eigenvalue weighted by atomic mass is 16.2. The number of piperidine rings is 1. The Balaban J connectivity index is 2.06. The number of carbonyl (C=O) groups is 2. The van der Waals surface area contributed by atoms with Gasteiger partial charge in [0.25, 0.3) is 5.91 Å². The third-order valence-corrected chi connectivity index (χ3v) is 6.35. The second-order valence-electron chi connectivity index (χ2n) is 9.58. The zero-order valence-electron chi connectivity index (χ0n) is 23.4. The normalized spacial score (nSPS) is 15.8. The van der Waals surface area contributed by atoms with Crippen LogP contribution < -0.4 is 11.1 Å². The average Bonchev–Trinajstić information content (AvgIpc) is 2.92. The zero-order valence-corrected chi connectivity index (χ0v) is 23.4. The number of carbonyl (C=O) groups excluding carboxylic acids is 2. The Morgan fingerprint density at radius 2 is 1.35 bits per heavy atom. The first-order valence-electron chi connectivity index (χ1n) is 14.3. The molecule has 1 aliphatic heterocycles. The van der Waals surface area contributed by atoms with Crippen LogP contribution in [-0.2, 0) is 9.59 Å². The van der Waals surface area contributed by atoms with Crippen molar-refractivity contribution in [1.82, 2.24) is 10.2 Å². The highest BCUT2D eigenvalue weighted by Gasteiger charge is 2.22. The van der Waals surface area contributed by atoms with Gasteiger partial charge in [-0.1, -0.05) is 87.1 Å². The summed E-state index contributed by atoms with van der Waals surface area (Å²) in [5.74, 6) is 0.483. The SMILES string of the molecule is CC/C=C\C/C=C\C/C=C\C/C=C\C/C=C\CCCC(=O)N1CCC(CNC(=O)/C(N)=C/CCC)CC1. The second-order valence-corrected chi connectivity index (χ2v) is 9.58. The molecule has 1 aliphatic rings. The van der Waals surface area contributed by atoms with E-state index in [0.29, 0.717) is 24.6 Å². The third-order valence-electron chi connectivity index (χ3n) is 6.35. The summed E-state index contributed by atoms with van der Waals surface area (Å²) < 4.78 is 0. The molecule has 0 spiro atoms. The summed E-state index contributed by atoms with van der Waals surface area (Å²) in [7, 11) is 0. The van der Waals surface area contributed by atoms with E-state index < -0.39 is 0 Å². The predicted molar refractivity (Wildman–Crippen MR) is 158 cm³/mol. The fourth-order valence-electron chi connectivity index (χ4n) is 4.02. The third kappa shape index (κ3) is 17.3. The minimum atomic E-state index is -0.179. The maximum absolute atomic E-state index is 12.5. The summed E-state index contributed by atoms with van der Waals surface area (Å²) in [4.78, 5) is 26.5. The van der Waals surface area contributed by atoms with Crippen LogP contribution in [0.3, 0.4) is 0 Å². The minimum Gasteiger partial charge on any atom is -0.395 e. The molecule has 0 saturated carbocycles. The van der Waals surface area contributed by atoms with Crippen LogP contribution >= 0.6 is 0 Å². The molecule has 1 saturated heterocycles. The highest BCUT2D eigenvalue weighted by molar-refractivity contribution is 5.92. The quantitative estimate of drug-likeness (QED) is 0.120. The highest BCUT2D eigenvalue weighted by Crippen LogP contribution is 2.18. The molecule has 0 bridgehead atoms. The van der Waals surface area contributed by atoms with Crippen molar-refractivity contribution in [2.75, 3.05) is 19.6 Å². The van der Waals surface area contributed by atoms with Crippen molar-refractivity contribution in [3.8, 4) is 0 Å². The Bertz CT molecular complexity index is 797. The first kappa shape index (κ1) is 32.2. The molecular weight excluding hydrogens is 458 g/mol. The van der Waals surface area contributed by atoms with E-state index in [-0.39, 0.29) is 11.8 Å². The Kier molecular flexibility index (Phi) is 19.5. The monoisotopic (exact) mass is 509 g/mol. The van der Waals surface area contributed by atoms with Crippen LogP contribution in [0.5, 0.6) is 0 Å². The number of nitrogens with two attached hydrogens (primary N) is 1. The van der Waals surface area contributed by atoms with Gasteiger partial charge in [-0.15, -0.1) is 0 Å². The van der Waals surface area contributed by atoms with E-state index in [1.54, 1.807) is 6.08 Å². The minimum absolute atomic E-state index is 0.179. The van der Waals surface area contributed by atoms with Crippen LogP contribution in [0.2, 0.25) is 0 Å². The van der Waals surface area contributed by atoms with Crippen molar-refractivity contribution in [2.45, 2.75) is 90.9 Å². The van der Waals surface area contributed by atoms with E-state index in [4.69, 9.17) is 5.73 Å². The number of nitrogens with one attached hydrogen (secondary N) is 1. The molecule has 0 atom stereocenters. The molecule has 0 unspecified atom stereocenters. The van der Waals surface area contributed by atoms with Gasteiger partial charge < -0.3 is 16.0 Å². The lowest BCUT2D eigenvalue weighted by Crippen LogP contribution is -2.42. The van der Waals surface area contributed by atoms with E-state index in [9.17, 15) is 9.59 Å². The van der Waals surface area contributed by atoms with Crippen LogP contribution in [0.25, 0.3) is 0 Å². The van der Waals surface area contributed by atoms with Crippen molar-refractivity contribution < 1.29 is 9.59 Å². The lowest BCUT2D eigenvalue weighted by atomic mass is 9.96. The van der Waals surface area contributed by atoms with Gasteiger partial charge in [0.15, 0.2) is 0 Å². The van der Waals surface area contributed by atoms with Crippen LogP contribution in [0, 0.1) is 5.92 Å². The summed E-state index contributed by atoms with van der Waals surface area (Å²) in [6.07, 6.45) is 34.9. The molecule has 206 valence electrons. The summed E-state index contributed by atoms with van der Waals surface area (Å²) in [5.41, 5.74) is 6.11. The van der Waals surface area contributed by atoms with Crippen molar-refractivity contribution in [1.29, 1.82) is 0 Å². The second kappa shape index (κ2) is 22.4. The number of rotatable bonds is 18. The van der Waals surface area contributed by atoms with Gasteiger partial charge >= 0.3 is 0 Å². The summed E-state index contributed by atoms with van der Waals surface area (Å²) in [6.45, 7) is 6.40. The molecule has 0 aromatic heterocycles. The Morgan fingerprint density at radius 1 is 0.811 bits per heavy atom. The van der Waals surface area contributed by atoms with Gasteiger partial charge in [-0.2, -0.15) is 0 Å². The van der Waals surface area contributed by atoms with Gasteiger partial charge in [-0.05, 0) is 70.1 Å². The molecule has 1 rings (SSSR count). The van der Waals surface area contributed by atoms with Crippen LogP contribution in [0.15, 0.2) is 72.5 Å². The molecule has 5 heteroatoms. The summed E-state index contributed by atoms with van der Waals surface area (Å²) in [6, 6.07) is 0. The molecule has 0 radical (unpaired) electrons. The zero-order chi connectivity index (χ0) is 27.0. The topological polar surface area (TPSA) is 75.4 Å². The summed E-state index contributed by atoms with van der Waals surface area (Å²) in [5, 5.41) is 2.94. The number of likely N-dealkylation sites (tertiary alicyclic amines) is 1. The van der Waals surface area contributed by atoms with Gasteiger partial charge in [0.2, 0.25) is 5.91 Å². The number of hydrogen-bond acceptors (Lipinski definition) is 3. The van der Waals surface area contributed by atoms with Crippen molar-refractivity contribution in [3.63, 3.8) is 0 Å². The van der Waals surface area contributed by atoms with Crippen LogP contribution in [0.4, 0.5) is 0 Å². The number of nitrogens with zero attached hydrogens (tertiary/aromatic N) is 1. The number of unbranched alkanes of at least 4 members (excludes halogenated alkanes) is 2. The lowest BCUT2D eigenvalue weighted by Gasteiger charge is -2.32. The standard InChI is InChI=1S/C32H51N3O2/c1-3-5-7-8-9-10-11-12-13-14-15-16-17-18-19-20-21-23-31(36)35-26-24-29(25-27-35)28-34-32(37)30(33)22-6-4-2/h5,7,9-10,12-13,15-16,18-19,22,29H,3-4,6,8,11,14,17,20-21,23-28,33H2,1-2H3,(H,34,37)/b7-5-,10-9-,13-12-,16-15-,19-18-,30-22-. The van der Waals surface area contributed by atoms with Crippen LogP contribution in [-0.4, -0.2) is 36.3 Å². The molecule has 0 aromatic carbocycles. The fourth-order valence-corrected chi connectivity index (χ4v) is 4.02. The number of amides is 2. The molecule has 1 heterocycles. The van der Waals surface area contributed by atoms with Crippen molar-refractivity contribution in [2.24, 2.45) is 11.7 Å². The van der Waals surface area contributed by atoms with E-state index in [1.807, 2.05) is 4.90 Å². The Labute approximate surface area is 226 Å². The first-order chi connectivity index (χ1) is 18.1.